The first-order valence-corrected chi connectivity index (χ1v) is 4.88. The molecule has 5 heteroatoms. The van der Waals surface area contributed by atoms with Crippen LogP contribution >= 0.6 is 0 Å². The maximum atomic E-state index is 13.0. The van der Waals surface area contributed by atoms with Crippen LogP contribution in [0, 0.1) is 17.6 Å². The summed E-state index contributed by atoms with van der Waals surface area (Å²) in [5.41, 5.74) is 0.238. The van der Waals surface area contributed by atoms with Crippen molar-refractivity contribution in [2.24, 2.45) is 5.92 Å². The van der Waals surface area contributed by atoms with Gasteiger partial charge >= 0.3 is 5.97 Å². The summed E-state index contributed by atoms with van der Waals surface area (Å²) in [5, 5.41) is 8.92. The molecule has 0 aromatic heterocycles. The number of carboxylic acids is 1. The van der Waals surface area contributed by atoms with Crippen molar-refractivity contribution in [1.29, 1.82) is 0 Å². The molecule has 16 heavy (non-hydrogen) atoms. The summed E-state index contributed by atoms with van der Waals surface area (Å²) >= 11 is 0. The average molecular weight is 228 g/mol. The highest BCUT2D eigenvalue weighted by Gasteiger charge is 2.35. The molecule has 0 aliphatic carbocycles. The van der Waals surface area contributed by atoms with E-state index in [1.165, 1.54) is 0 Å². The normalized spacial score (nSPS) is 24.6. The number of halogens is 2. The lowest BCUT2D eigenvalue weighted by Crippen LogP contribution is -2.17. The van der Waals surface area contributed by atoms with E-state index in [-0.39, 0.29) is 5.56 Å². The van der Waals surface area contributed by atoms with Crippen LogP contribution < -0.4 is 0 Å². The summed E-state index contributed by atoms with van der Waals surface area (Å²) in [6.07, 6.45) is -0.402. The van der Waals surface area contributed by atoms with E-state index in [9.17, 15) is 13.6 Å². The molecule has 0 radical (unpaired) electrons. The molecule has 1 fully saturated rings. The molecule has 1 aromatic carbocycles. The van der Waals surface area contributed by atoms with Gasteiger partial charge in [-0.25, -0.2) is 8.78 Å². The molecule has 86 valence electrons. The largest absolute Gasteiger partial charge is 0.481 e. The monoisotopic (exact) mass is 228 g/mol. The van der Waals surface area contributed by atoms with Gasteiger partial charge in [0.2, 0.25) is 0 Å². The lowest BCUT2D eigenvalue weighted by atomic mass is 9.95. The minimum absolute atomic E-state index is 0.238. The van der Waals surface area contributed by atoms with Gasteiger partial charge in [-0.15, -0.1) is 0 Å². The summed E-state index contributed by atoms with van der Waals surface area (Å²) in [4.78, 5) is 10.9. The number of ether oxygens (including phenoxy) is 1. The molecule has 1 aromatic rings. The standard InChI is InChI=1S/C11H10F2O3/c12-7-3-6(4-8(13)5-7)10-9(11(14)15)1-2-16-10/h3-5,9-10H,1-2H2,(H,14,15). The molecule has 1 aliphatic heterocycles. The first kappa shape index (κ1) is 11.0. The molecule has 0 bridgehead atoms. The first-order chi connectivity index (χ1) is 7.58. The molecular weight excluding hydrogens is 218 g/mol. The van der Waals surface area contributed by atoms with Crippen LogP contribution in [0.4, 0.5) is 8.78 Å². The minimum Gasteiger partial charge on any atom is -0.481 e. The van der Waals surface area contributed by atoms with Crippen molar-refractivity contribution in [1.82, 2.24) is 0 Å². The Morgan fingerprint density at radius 1 is 1.31 bits per heavy atom. The van der Waals surface area contributed by atoms with Crippen LogP contribution in [-0.2, 0) is 9.53 Å². The second-order valence-electron chi connectivity index (χ2n) is 3.73. The van der Waals surface area contributed by atoms with Gasteiger partial charge in [0.1, 0.15) is 11.6 Å². The fourth-order valence-electron chi connectivity index (χ4n) is 1.91. The van der Waals surface area contributed by atoms with Crippen LogP contribution in [0.5, 0.6) is 0 Å². The summed E-state index contributed by atoms with van der Waals surface area (Å²) in [6, 6.07) is 2.96. The molecule has 2 atom stereocenters. The van der Waals surface area contributed by atoms with Crippen molar-refractivity contribution < 1.29 is 23.4 Å². The average Bonchev–Trinajstić information content (AvgIpc) is 2.63. The van der Waals surface area contributed by atoms with Crippen LogP contribution in [0.25, 0.3) is 0 Å². The van der Waals surface area contributed by atoms with Gasteiger partial charge in [-0.3, -0.25) is 4.79 Å². The molecular formula is C11H10F2O3. The Bertz CT molecular complexity index is 399. The lowest BCUT2D eigenvalue weighted by molar-refractivity contribution is -0.143. The number of benzene rings is 1. The van der Waals surface area contributed by atoms with E-state index >= 15 is 0 Å². The van der Waals surface area contributed by atoms with Gasteiger partial charge in [0.05, 0.1) is 12.0 Å². The fourth-order valence-corrected chi connectivity index (χ4v) is 1.91. The molecule has 0 saturated carbocycles. The van der Waals surface area contributed by atoms with Gasteiger partial charge in [-0.05, 0) is 24.1 Å². The number of hydrogen-bond donors (Lipinski definition) is 1. The predicted molar refractivity (Wildman–Crippen MR) is 50.8 cm³/mol. The van der Waals surface area contributed by atoms with Gasteiger partial charge in [-0.2, -0.15) is 0 Å². The Balaban J connectivity index is 2.32. The topological polar surface area (TPSA) is 46.5 Å². The molecule has 1 heterocycles. The van der Waals surface area contributed by atoms with E-state index in [4.69, 9.17) is 9.84 Å². The smallest absolute Gasteiger partial charge is 0.309 e. The highest BCUT2D eigenvalue weighted by atomic mass is 19.1. The number of carboxylic acid groups (broad SMARTS) is 1. The lowest BCUT2D eigenvalue weighted by Gasteiger charge is -2.15. The maximum absolute atomic E-state index is 13.0. The van der Waals surface area contributed by atoms with Crippen molar-refractivity contribution in [3.8, 4) is 0 Å². The number of rotatable bonds is 2. The van der Waals surface area contributed by atoms with Gasteiger partial charge in [0.25, 0.3) is 0 Å². The summed E-state index contributed by atoms with van der Waals surface area (Å²) < 4.78 is 31.1. The van der Waals surface area contributed by atoms with Gasteiger partial charge in [0.15, 0.2) is 0 Å². The van der Waals surface area contributed by atoms with Gasteiger partial charge < -0.3 is 9.84 Å². The zero-order chi connectivity index (χ0) is 11.7. The van der Waals surface area contributed by atoms with Crippen LogP contribution in [0.15, 0.2) is 18.2 Å². The quantitative estimate of drug-likeness (QED) is 0.843. The SMILES string of the molecule is O=C(O)C1CCOC1c1cc(F)cc(F)c1. The Labute approximate surface area is 90.7 Å². The van der Waals surface area contributed by atoms with E-state index in [1.54, 1.807) is 0 Å². The van der Waals surface area contributed by atoms with Crippen LogP contribution in [0.2, 0.25) is 0 Å². The molecule has 1 N–H and O–H groups in total. The highest BCUT2D eigenvalue weighted by Crippen LogP contribution is 2.35. The van der Waals surface area contributed by atoms with Crippen molar-refractivity contribution in [3.63, 3.8) is 0 Å². The molecule has 0 amide bonds. The second kappa shape index (κ2) is 4.17. The molecule has 2 unspecified atom stereocenters. The summed E-state index contributed by atoms with van der Waals surface area (Å²) in [6.45, 7) is 0.291. The summed E-state index contributed by atoms with van der Waals surface area (Å²) in [5.74, 6) is -3.20. The third kappa shape index (κ3) is 2.04. The molecule has 3 nitrogen and oxygen atoms in total. The third-order valence-electron chi connectivity index (χ3n) is 2.62. The van der Waals surface area contributed by atoms with Crippen molar-refractivity contribution in [2.75, 3.05) is 6.61 Å². The zero-order valence-corrected chi connectivity index (χ0v) is 8.32. The van der Waals surface area contributed by atoms with E-state index in [0.29, 0.717) is 13.0 Å². The van der Waals surface area contributed by atoms with Crippen molar-refractivity contribution >= 4 is 5.97 Å². The Morgan fingerprint density at radius 2 is 1.94 bits per heavy atom. The van der Waals surface area contributed by atoms with Crippen molar-refractivity contribution in [2.45, 2.75) is 12.5 Å². The Kier molecular flexibility index (Phi) is 2.87. The molecule has 2 rings (SSSR count). The zero-order valence-electron chi connectivity index (χ0n) is 8.32. The van der Waals surface area contributed by atoms with E-state index < -0.39 is 29.6 Å². The Hall–Kier alpha value is -1.49. The maximum Gasteiger partial charge on any atom is 0.309 e. The van der Waals surface area contributed by atoms with E-state index in [2.05, 4.69) is 0 Å². The fraction of sp³-hybridized carbons (Fsp3) is 0.364. The number of carbonyl (C=O) groups is 1. The first-order valence-electron chi connectivity index (χ1n) is 4.88. The predicted octanol–water partition coefficient (Wildman–Crippen LogP) is 2.13. The number of hydrogen-bond acceptors (Lipinski definition) is 2. The van der Waals surface area contributed by atoms with Gasteiger partial charge in [0, 0.05) is 12.7 Å². The van der Waals surface area contributed by atoms with Crippen LogP contribution in [0.1, 0.15) is 18.1 Å². The highest BCUT2D eigenvalue weighted by molar-refractivity contribution is 5.71. The van der Waals surface area contributed by atoms with Crippen molar-refractivity contribution in [3.05, 3.63) is 35.4 Å². The minimum atomic E-state index is -1.01. The van der Waals surface area contributed by atoms with Crippen LogP contribution in [0.3, 0.4) is 0 Å². The summed E-state index contributed by atoms with van der Waals surface area (Å²) in [7, 11) is 0. The molecule has 0 spiro atoms. The van der Waals surface area contributed by atoms with Gasteiger partial charge in [-0.1, -0.05) is 0 Å². The second-order valence-corrected chi connectivity index (χ2v) is 3.73. The van der Waals surface area contributed by atoms with Crippen LogP contribution in [-0.4, -0.2) is 17.7 Å². The Morgan fingerprint density at radius 3 is 2.50 bits per heavy atom. The number of aliphatic carboxylic acids is 1. The molecule has 1 saturated heterocycles. The molecule has 1 aliphatic rings. The third-order valence-corrected chi connectivity index (χ3v) is 2.62. The van der Waals surface area contributed by atoms with E-state index in [1.807, 2.05) is 0 Å². The van der Waals surface area contributed by atoms with E-state index in [0.717, 1.165) is 18.2 Å².